The Kier molecular flexibility index (Phi) is 3.03. The lowest BCUT2D eigenvalue weighted by Crippen LogP contribution is -2.01. The van der Waals surface area contributed by atoms with E-state index in [0.717, 1.165) is 6.07 Å². The monoisotopic (exact) mass is 313 g/mol. The van der Waals surface area contributed by atoms with Crippen LogP contribution in [0.1, 0.15) is 0 Å². The van der Waals surface area contributed by atoms with Crippen LogP contribution in [0.3, 0.4) is 0 Å². The van der Waals surface area contributed by atoms with Crippen LogP contribution in [0, 0.1) is 11.6 Å². The second kappa shape index (κ2) is 4.61. The van der Waals surface area contributed by atoms with Gasteiger partial charge in [0.1, 0.15) is 11.6 Å². The SMILES string of the molecule is Nc1nc2cc(Cl)c(F)cc2n1-c1ccc(F)cc1Cl. The van der Waals surface area contributed by atoms with Gasteiger partial charge in [0.2, 0.25) is 5.95 Å². The molecule has 0 radical (unpaired) electrons. The maximum atomic E-state index is 13.6. The van der Waals surface area contributed by atoms with Crippen molar-refractivity contribution in [3.05, 3.63) is 52.0 Å². The average molecular weight is 314 g/mol. The number of nitrogens with zero attached hydrogens (tertiary/aromatic N) is 2. The van der Waals surface area contributed by atoms with E-state index in [2.05, 4.69) is 4.98 Å². The molecule has 1 aromatic heterocycles. The predicted molar refractivity (Wildman–Crippen MR) is 75.4 cm³/mol. The fraction of sp³-hybridized carbons (Fsp3) is 0. The summed E-state index contributed by atoms with van der Waals surface area (Å²) in [4.78, 5) is 4.09. The second-order valence-electron chi connectivity index (χ2n) is 4.16. The van der Waals surface area contributed by atoms with Crippen molar-refractivity contribution in [1.29, 1.82) is 0 Å². The summed E-state index contributed by atoms with van der Waals surface area (Å²) in [6.07, 6.45) is 0. The first kappa shape index (κ1) is 13.1. The van der Waals surface area contributed by atoms with Crippen LogP contribution in [0.5, 0.6) is 0 Å². The summed E-state index contributed by atoms with van der Waals surface area (Å²) in [6, 6.07) is 6.41. The Morgan fingerprint density at radius 2 is 1.80 bits per heavy atom. The van der Waals surface area contributed by atoms with Gasteiger partial charge in [-0.05, 0) is 24.3 Å². The minimum Gasteiger partial charge on any atom is -0.369 e. The van der Waals surface area contributed by atoms with Crippen molar-refractivity contribution in [1.82, 2.24) is 9.55 Å². The van der Waals surface area contributed by atoms with E-state index in [0.29, 0.717) is 16.7 Å². The Balaban J connectivity index is 2.35. The summed E-state index contributed by atoms with van der Waals surface area (Å²) < 4.78 is 28.2. The molecule has 20 heavy (non-hydrogen) atoms. The van der Waals surface area contributed by atoms with Crippen LogP contribution < -0.4 is 5.73 Å². The van der Waals surface area contributed by atoms with Crippen LogP contribution in [-0.2, 0) is 0 Å². The number of nitrogens with two attached hydrogens (primary N) is 1. The van der Waals surface area contributed by atoms with Crippen LogP contribution in [0.15, 0.2) is 30.3 Å². The molecule has 0 amide bonds. The van der Waals surface area contributed by atoms with E-state index in [9.17, 15) is 8.78 Å². The minimum atomic E-state index is -0.599. The normalized spacial score (nSPS) is 11.2. The van der Waals surface area contributed by atoms with Gasteiger partial charge in [-0.15, -0.1) is 0 Å². The molecule has 0 saturated heterocycles. The molecule has 2 N–H and O–H groups in total. The predicted octanol–water partition coefficient (Wildman–Crippen LogP) is 4.19. The van der Waals surface area contributed by atoms with Crippen molar-refractivity contribution < 1.29 is 8.78 Å². The van der Waals surface area contributed by atoms with E-state index >= 15 is 0 Å². The van der Waals surface area contributed by atoms with E-state index in [1.54, 1.807) is 0 Å². The highest BCUT2D eigenvalue weighted by Crippen LogP contribution is 2.30. The van der Waals surface area contributed by atoms with Crippen LogP contribution in [0.4, 0.5) is 14.7 Å². The standard InChI is InChI=1S/C13H7Cl2F2N3/c14-7-4-10-12(5-9(7)17)20(13(18)19-10)11-2-1-6(16)3-8(11)15/h1-5H,(H2,18,19). The molecule has 0 fully saturated rings. The molecule has 0 saturated carbocycles. The Hall–Kier alpha value is -1.85. The molecule has 0 unspecified atom stereocenters. The van der Waals surface area contributed by atoms with Crippen LogP contribution in [0.2, 0.25) is 10.0 Å². The van der Waals surface area contributed by atoms with Crippen molar-refractivity contribution in [2.24, 2.45) is 0 Å². The number of anilines is 1. The maximum Gasteiger partial charge on any atom is 0.205 e. The number of hydrogen-bond acceptors (Lipinski definition) is 2. The smallest absolute Gasteiger partial charge is 0.205 e. The van der Waals surface area contributed by atoms with Crippen molar-refractivity contribution in [2.45, 2.75) is 0 Å². The van der Waals surface area contributed by atoms with Gasteiger partial charge in [-0.25, -0.2) is 13.8 Å². The second-order valence-corrected chi connectivity index (χ2v) is 4.97. The lowest BCUT2D eigenvalue weighted by Gasteiger charge is -2.09. The zero-order valence-electron chi connectivity index (χ0n) is 9.87. The molecule has 3 nitrogen and oxygen atoms in total. The zero-order chi connectivity index (χ0) is 14.4. The van der Waals surface area contributed by atoms with Crippen LogP contribution in [-0.4, -0.2) is 9.55 Å². The van der Waals surface area contributed by atoms with E-state index in [-0.39, 0.29) is 16.0 Å². The first-order chi connectivity index (χ1) is 9.47. The number of hydrogen-bond donors (Lipinski definition) is 1. The number of nitrogen functional groups attached to an aromatic ring is 1. The molecule has 3 rings (SSSR count). The van der Waals surface area contributed by atoms with Gasteiger partial charge >= 0.3 is 0 Å². The first-order valence-corrected chi connectivity index (χ1v) is 6.31. The Bertz CT molecular complexity index is 830. The summed E-state index contributed by atoms with van der Waals surface area (Å²) in [5, 5.41) is 0.0960. The molecular formula is C13H7Cl2F2N3. The third-order valence-corrected chi connectivity index (χ3v) is 3.47. The molecule has 0 atom stereocenters. The van der Waals surface area contributed by atoms with Crippen molar-refractivity contribution in [2.75, 3.05) is 5.73 Å². The number of aromatic nitrogens is 2. The van der Waals surface area contributed by atoms with Gasteiger partial charge in [-0.1, -0.05) is 23.2 Å². The lowest BCUT2D eigenvalue weighted by atomic mass is 10.2. The fourth-order valence-electron chi connectivity index (χ4n) is 2.01. The maximum absolute atomic E-state index is 13.6. The molecule has 102 valence electrons. The third-order valence-electron chi connectivity index (χ3n) is 2.87. The summed E-state index contributed by atoms with van der Waals surface area (Å²) in [5.74, 6) is -0.968. The van der Waals surface area contributed by atoms with Gasteiger partial charge in [0.15, 0.2) is 0 Å². The van der Waals surface area contributed by atoms with Gasteiger partial charge in [0, 0.05) is 6.07 Å². The highest BCUT2D eigenvalue weighted by Gasteiger charge is 2.15. The lowest BCUT2D eigenvalue weighted by molar-refractivity contribution is 0.627. The molecule has 1 heterocycles. The zero-order valence-corrected chi connectivity index (χ0v) is 11.4. The summed E-state index contributed by atoms with van der Waals surface area (Å²) in [7, 11) is 0. The molecule has 0 bridgehead atoms. The molecule has 0 aliphatic heterocycles. The molecule has 0 aliphatic carbocycles. The summed E-state index contributed by atoms with van der Waals surface area (Å²) >= 11 is 11.7. The fourth-order valence-corrected chi connectivity index (χ4v) is 2.42. The number of imidazole rings is 1. The van der Waals surface area contributed by atoms with Crippen molar-refractivity contribution in [3.8, 4) is 5.69 Å². The number of halogens is 4. The van der Waals surface area contributed by atoms with E-state index in [1.807, 2.05) is 0 Å². The average Bonchev–Trinajstić information content (AvgIpc) is 2.66. The van der Waals surface area contributed by atoms with Gasteiger partial charge in [0.25, 0.3) is 0 Å². The van der Waals surface area contributed by atoms with Crippen molar-refractivity contribution in [3.63, 3.8) is 0 Å². The number of fused-ring (bicyclic) bond motifs is 1. The molecular weight excluding hydrogens is 307 g/mol. The Morgan fingerprint density at radius 3 is 2.50 bits per heavy atom. The molecule has 0 spiro atoms. The number of rotatable bonds is 1. The van der Waals surface area contributed by atoms with E-state index in [1.165, 1.54) is 28.8 Å². The summed E-state index contributed by atoms with van der Waals surface area (Å²) in [5.41, 5.74) is 7.06. The molecule has 7 heteroatoms. The minimum absolute atomic E-state index is 0.0487. The summed E-state index contributed by atoms with van der Waals surface area (Å²) in [6.45, 7) is 0. The van der Waals surface area contributed by atoms with Crippen LogP contribution in [0.25, 0.3) is 16.7 Å². The molecule has 0 aliphatic rings. The van der Waals surface area contributed by atoms with Gasteiger partial charge in [0.05, 0.1) is 26.8 Å². The topological polar surface area (TPSA) is 43.8 Å². The van der Waals surface area contributed by atoms with Gasteiger partial charge in [-0.3, -0.25) is 4.57 Å². The van der Waals surface area contributed by atoms with E-state index in [4.69, 9.17) is 28.9 Å². The largest absolute Gasteiger partial charge is 0.369 e. The van der Waals surface area contributed by atoms with Gasteiger partial charge in [-0.2, -0.15) is 0 Å². The number of benzene rings is 2. The highest BCUT2D eigenvalue weighted by atomic mass is 35.5. The first-order valence-electron chi connectivity index (χ1n) is 5.56. The highest BCUT2D eigenvalue weighted by molar-refractivity contribution is 6.32. The Labute approximate surface area is 122 Å². The quantitative estimate of drug-likeness (QED) is 0.732. The third kappa shape index (κ3) is 1.99. The van der Waals surface area contributed by atoms with Gasteiger partial charge < -0.3 is 5.73 Å². The van der Waals surface area contributed by atoms with Crippen molar-refractivity contribution >= 4 is 40.2 Å². The Morgan fingerprint density at radius 1 is 1.05 bits per heavy atom. The molecule has 3 aromatic rings. The molecule has 2 aromatic carbocycles. The van der Waals surface area contributed by atoms with Crippen LogP contribution >= 0.6 is 23.2 Å². The van der Waals surface area contributed by atoms with E-state index < -0.39 is 11.6 Å².